The summed E-state index contributed by atoms with van der Waals surface area (Å²) in [7, 11) is 0. The molecule has 20 heavy (non-hydrogen) atoms. The maximum Gasteiger partial charge on any atom is 0.269 e. The molecule has 1 saturated carbocycles. The second-order valence-corrected chi connectivity index (χ2v) is 5.71. The van der Waals surface area contributed by atoms with Crippen LogP contribution in [-0.2, 0) is 9.53 Å². The largest absolute Gasteiger partial charge is 0.381 e. The molecule has 2 fully saturated rings. The second kappa shape index (κ2) is 4.56. The minimum atomic E-state index is -0.459. The predicted molar refractivity (Wildman–Crippen MR) is 72.2 cm³/mol. The van der Waals surface area contributed by atoms with E-state index in [-0.39, 0.29) is 22.9 Å². The van der Waals surface area contributed by atoms with Crippen LogP contribution in [-0.4, -0.2) is 24.0 Å². The van der Waals surface area contributed by atoms with Crippen molar-refractivity contribution in [3.8, 4) is 0 Å². The third-order valence-electron chi connectivity index (χ3n) is 4.56. The molecule has 1 aliphatic heterocycles. The Labute approximate surface area is 116 Å². The van der Waals surface area contributed by atoms with Gasteiger partial charge in [0.15, 0.2) is 0 Å². The highest BCUT2D eigenvalue weighted by molar-refractivity contribution is 5.95. The molecule has 1 heterocycles. The van der Waals surface area contributed by atoms with Crippen LogP contribution in [0.25, 0.3) is 0 Å². The van der Waals surface area contributed by atoms with Crippen LogP contribution >= 0.6 is 0 Å². The first-order chi connectivity index (χ1) is 9.52. The van der Waals surface area contributed by atoms with E-state index >= 15 is 0 Å². The monoisotopic (exact) mass is 276 g/mol. The van der Waals surface area contributed by atoms with Crippen LogP contribution in [0, 0.1) is 27.4 Å². The molecular formula is C14H16N2O4. The lowest BCUT2D eigenvalue weighted by atomic mass is 9.99. The molecule has 0 radical (unpaired) electrons. The van der Waals surface area contributed by atoms with Gasteiger partial charge in [0.25, 0.3) is 5.69 Å². The molecule has 1 aromatic carbocycles. The van der Waals surface area contributed by atoms with Crippen molar-refractivity contribution in [1.82, 2.24) is 0 Å². The van der Waals surface area contributed by atoms with E-state index < -0.39 is 4.92 Å². The van der Waals surface area contributed by atoms with E-state index in [2.05, 4.69) is 12.2 Å². The van der Waals surface area contributed by atoms with Crippen LogP contribution in [0.15, 0.2) is 24.3 Å². The zero-order valence-corrected chi connectivity index (χ0v) is 11.2. The van der Waals surface area contributed by atoms with Gasteiger partial charge in [0.2, 0.25) is 5.91 Å². The molecule has 1 N–H and O–H groups in total. The molecule has 6 heteroatoms. The maximum atomic E-state index is 12.3. The number of non-ortho nitro benzene ring substituents is 1. The Balaban J connectivity index is 1.66. The molecule has 0 spiro atoms. The van der Waals surface area contributed by atoms with E-state index in [4.69, 9.17) is 4.74 Å². The lowest BCUT2D eigenvalue weighted by molar-refractivity contribution is -0.384. The van der Waals surface area contributed by atoms with E-state index in [9.17, 15) is 14.9 Å². The topological polar surface area (TPSA) is 81.5 Å². The van der Waals surface area contributed by atoms with E-state index in [0.717, 1.165) is 6.42 Å². The fourth-order valence-electron chi connectivity index (χ4n) is 3.16. The minimum absolute atomic E-state index is 0.0137. The van der Waals surface area contributed by atoms with Crippen molar-refractivity contribution in [3.05, 3.63) is 34.4 Å². The zero-order chi connectivity index (χ0) is 14.3. The molecule has 3 rings (SSSR count). The van der Waals surface area contributed by atoms with Crippen LogP contribution in [0.2, 0.25) is 0 Å². The van der Waals surface area contributed by atoms with E-state index in [1.807, 2.05) is 0 Å². The molecule has 1 amide bonds. The van der Waals surface area contributed by atoms with E-state index in [1.165, 1.54) is 12.1 Å². The highest BCUT2D eigenvalue weighted by Crippen LogP contribution is 2.62. The Morgan fingerprint density at radius 1 is 1.45 bits per heavy atom. The molecule has 106 valence electrons. The van der Waals surface area contributed by atoms with E-state index in [0.29, 0.717) is 24.8 Å². The third-order valence-corrected chi connectivity index (χ3v) is 4.56. The van der Waals surface area contributed by atoms with Gasteiger partial charge in [-0.1, -0.05) is 6.92 Å². The first-order valence-electron chi connectivity index (χ1n) is 6.65. The van der Waals surface area contributed by atoms with Gasteiger partial charge in [0.05, 0.1) is 11.5 Å². The first kappa shape index (κ1) is 13.1. The van der Waals surface area contributed by atoms with Crippen molar-refractivity contribution < 1.29 is 14.5 Å². The van der Waals surface area contributed by atoms with Crippen molar-refractivity contribution in [3.63, 3.8) is 0 Å². The fraction of sp³-hybridized carbons (Fsp3) is 0.500. The summed E-state index contributed by atoms with van der Waals surface area (Å²) >= 11 is 0. The van der Waals surface area contributed by atoms with Crippen molar-refractivity contribution in [2.24, 2.45) is 17.3 Å². The number of nitro benzene ring substituents is 1. The van der Waals surface area contributed by atoms with Gasteiger partial charge in [-0.2, -0.15) is 0 Å². The van der Waals surface area contributed by atoms with Crippen molar-refractivity contribution in [2.75, 3.05) is 18.5 Å². The summed E-state index contributed by atoms with van der Waals surface area (Å²) in [6.45, 7) is 3.49. The van der Waals surface area contributed by atoms with Gasteiger partial charge in [-0.3, -0.25) is 14.9 Å². The van der Waals surface area contributed by atoms with Gasteiger partial charge in [-0.25, -0.2) is 0 Å². The number of anilines is 1. The van der Waals surface area contributed by atoms with Gasteiger partial charge in [0, 0.05) is 36.3 Å². The summed E-state index contributed by atoms with van der Waals surface area (Å²) in [5.41, 5.74) is 0.667. The number of hydrogen-bond acceptors (Lipinski definition) is 4. The van der Waals surface area contributed by atoms with Gasteiger partial charge in [-0.15, -0.1) is 0 Å². The second-order valence-electron chi connectivity index (χ2n) is 5.71. The number of amides is 1. The average Bonchev–Trinajstić information content (AvgIpc) is 3.05. The van der Waals surface area contributed by atoms with Gasteiger partial charge >= 0.3 is 0 Å². The number of nitrogens with zero attached hydrogens (tertiary/aromatic N) is 1. The number of nitrogens with one attached hydrogen (secondary N) is 1. The number of rotatable bonds is 3. The molecule has 0 unspecified atom stereocenters. The number of nitro groups is 1. The maximum absolute atomic E-state index is 12.3. The third kappa shape index (κ3) is 2.06. The van der Waals surface area contributed by atoms with Crippen LogP contribution in [0.5, 0.6) is 0 Å². The molecule has 1 aliphatic carbocycles. The molecule has 3 atom stereocenters. The summed E-state index contributed by atoms with van der Waals surface area (Å²) in [6, 6.07) is 5.89. The smallest absolute Gasteiger partial charge is 0.269 e. The molecule has 1 aromatic rings. The SMILES string of the molecule is C[C@]12CCOC[C@@H]1[C@H]2C(=O)Nc1ccc([N+](=O)[O-])cc1. The number of fused-ring (bicyclic) bond motifs is 1. The van der Waals surface area contributed by atoms with Gasteiger partial charge < -0.3 is 10.1 Å². The quantitative estimate of drug-likeness (QED) is 0.677. The van der Waals surface area contributed by atoms with Crippen LogP contribution in [0.3, 0.4) is 0 Å². The standard InChI is InChI=1S/C14H16N2O4/c1-14-6-7-20-8-11(14)12(14)13(17)15-9-2-4-10(5-3-9)16(18)19/h2-5,11-12H,6-8H2,1H3,(H,15,17)/t11-,12+,14+/m1/s1. The number of hydrogen-bond donors (Lipinski definition) is 1. The number of benzene rings is 1. The predicted octanol–water partition coefficient (Wildman–Crippen LogP) is 2.21. The summed E-state index contributed by atoms with van der Waals surface area (Å²) in [5, 5.41) is 13.4. The highest BCUT2D eigenvalue weighted by Gasteiger charge is 2.65. The number of carbonyl (C=O) groups excluding carboxylic acids is 1. The summed E-state index contributed by atoms with van der Waals surface area (Å²) in [6.07, 6.45) is 0.913. The summed E-state index contributed by atoms with van der Waals surface area (Å²) < 4.78 is 5.41. The molecule has 1 saturated heterocycles. The van der Waals surface area contributed by atoms with Crippen LogP contribution in [0.1, 0.15) is 13.3 Å². The summed E-state index contributed by atoms with van der Waals surface area (Å²) in [5.74, 6) is 0.270. The Morgan fingerprint density at radius 2 is 2.15 bits per heavy atom. The van der Waals surface area contributed by atoms with Crippen LogP contribution in [0.4, 0.5) is 11.4 Å². The minimum Gasteiger partial charge on any atom is -0.381 e. The van der Waals surface area contributed by atoms with Crippen molar-refractivity contribution in [1.29, 1.82) is 0 Å². The normalized spacial score (nSPS) is 31.2. The molecular weight excluding hydrogens is 260 g/mol. The van der Waals surface area contributed by atoms with Crippen molar-refractivity contribution >= 4 is 17.3 Å². The van der Waals surface area contributed by atoms with Gasteiger partial charge in [0.1, 0.15) is 0 Å². The number of ether oxygens (including phenoxy) is 1. The lowest BCUT2D eigenvalue weighted by Crippen LogP contribution is -2.18. The summed E-state index contributed by atoms with van der Waals surface area (Å²) in [4.78, 5) is 22.4. The Kier molecular flexibility index (Phi) is 2.97. The van der Waals surface area contributed by atoms with Crippen molar-refractivity contribution in [2.45, 2.75) is 13.3 Å². The van der Waals surface area contributed by atoms with Crippen LogP contribution < -0.4 is 5.32 Å². The fourth-order valence-corrected chi connectivity index (χ4v) is 3.16. The molecule has 6 nitrogen and oxygen atoms in total. The highest BCUT2D eigenvalue weighted by atomic mass is 16.6. The van der Waals surface area contributed by atoms with Gasteiger partial charge in [-0.05, 0) is 24.0 Å². The molecule has 0 aromatic heterocycles. The Bertz CT molecular complexity index is 557. The zero-order valence-electron chi connectivity index (χ0n) is 11.2. The number of carbonyl (C=O) groups is 1. The Hall–Kier alpha value is -1.95. The molecule has 2 aliphatic rings. The first-order valence-corrected chi connectivity index (χ1v) is 6.65. The average molecular weight is 276 g/mol. The van der Waals surface area contributed by atoms with E-state index in [1.54, 1.807) is 12.1 Å². The molecule has 0 bridgehead atoms. The Morgan fingerprint density at radius 3 is 2.70 bits per heavy atom. The lowest BCUT2D eigenvalue weighted by Gasteiger charge is -2.16.